The smallest absolute Gasteiger partial charge is 0.139 e. The molecule has 0 aromatic carbocycles. The molecule has 0 aromatic heterocycles. The standard InChI is InChI=1S/C6H10O2.C4H6O2.CH4/c1-4(5(2)7)6(3)8;1-4(2-5)3-6;/h4H,1-3H3;2-4H,1H3;1H4. The van der Waals surface area contributed by atoms with Gasteiger partial charge in [-0.1, -0.05) is 7.43 Å². The largest absolute Gasteiger partial charge is 0.303 e. The molecular weight excluding hydrogens is 196 g/mol. The predicted molar refractivity (Wildman–Crippen MR) is 58.5 cm³/mol. The van der Waals surface area contributed by atoms with Gasteiger partial charge in [-0.15, -0.1) is 0 Å². The van der Waals surface area contributed by atoms with E-state index in [1.165, 1.54) is 13.8 Å². The van der Waals surface area contributed by atoms with Crippen LogP contribution in [0.15, 0.2) is 0 Å². The molecule has 4 heteroatoms. The zero-order valence-corrected chi connectivity index (χ0v) is 8.94. The van der Waals surface area contributed by atoms with Crippen molar-refractivity contribution in [1.82, 2.24) is 0 Å². The molecule has 0 radical (unpaired) electrons. The zero-order valence-electron chi connectivity index (χ0n) is 8.94. The second-order valence-electron chi connectivity index (χ2n) is 3.07. The van der Waals surface area contributed by atoms with Crippen LogP contribution in [0.4, 0.5) is 0 Å². The lowest BCUT2D eigenvalue weighted by atomic mass is 10.0. The predicted octanol–water partition coefficient (Wildman–Crippen LogP) is 1.46. The lowest BCUT2D eigenvalue weighted by Crippen LogP contribution is -2.14. The monoisotopic (exact) mass is 216 g/mol. The Morgan fingerprint density at radius 3 is 1.20 bits per heavy atom. The quantitative estimate of drug-likeness (QED) is 0.527. The normalized spacial score (nSPS) is 8.40. The molecule has 0 rings (SSSR count). The Hall–Kier alpha value is -1.32. The summed E-state index contributed by atoms with van der Waals surface area (Å²) in [5, 5.41) is 0. The summed E-state index contributed by atoms with van der Waals surface area (Å²) in [6.07, 6.45) is 1.21. The molecule has 0 heterocycles. The maximum absolute atomic E-state index is 10.4. The van der Waals surface area contributed by atoms with Gasteiger partial charge in [0.1, 0.15) is 24.1 Å². The highest BCUT2D eigenvalue weighted by molar-refractivity contribution is 5.99. The minimum absolute atomic E-state index is 0. The highest BCUT2D eigenvalue weighted by Crippen LogP contribution is 1.95. The Morgan fingerprint density at radius 1 is 0.933 bits per heavy atom. The van der Waals surface area contributed by atoms with Crippen LogP contribution in [0, 0.1) is 11.8 Å². The number of Topliss-reactive ketones (excluding diaryl/α,β-unsaturated/α-hetero) is 2. The van der Waals surface area contributed by atoms with E-state index in [0.717, 1.165) is 0 Å². The number of hydrogen-bond acceptors (Lipinski definition) is 4. The van der Waals surface area contributed by atoms with Gasteiger partial charge in [0.05, 0.1) is 11.8 Å². The molecule has 88 valence electrons. The van der Waals surface area contributed by atoms with E-state index in [0.29, 0.717) is 12.6 Å². The van der Waals surface area contributed by atoms with Gasteiger partial charge in [-0.2, -0.15) is 0 Å². The fraction of sp³-hybridized carbons (Fsp3) is 0.636. The number of carbonyl (C=O) groups excluding carboxylic acids is 4. The SMILES string of the molecule is C.CC(=O)C(C)C(C)=O.CC(C=O)C=O. The summed E-state index contributed by atoms with van der Waals surface area (Å²) in [5.74, 6) is -0.949. The van der Waals surface area contributed by atoms with E-state index in [-0.39, 0.29) is 19.0 Å². The first kappa shape index (κ1) is 19.3. The Kier molecular flexibility index (Phi) is 13.8. The average molecular weight is 216 g/mol. The lowest BCUT2D eigenvalue weighted by Gasteiger charge is -1.97. The van der Waals surface area contributed by atoms with Gasteiger partial charge in [0, 0.05) is 0 Å². The third-order valence-electron chi connectivity index (χ3n) is 1.65. The molecule has 0 bridgehead atoms. The van der Waals surface area contributed by atoms with E-state index in [1.54, 1.807) is 13.8 Å². The minimum Gasteiger partial charge on any atom is -0.303 e. The average Bonchev–Trinajstić information content (AvgIpc) is 2.15. The Morgan fingerprint density at radius 2 is 1.20 bits per heavy atom. The van der Waals surface area contributed by atoms with Gasteiger partial charge in [0.2, 0.25) is 0 Å². The Bertz CT molecular complexity index is 199. The summed E-state index contributed by atoms with van der Waals surface area (Å²) in [4.78, 5) is 39.7. The second kappa shape index (κ2) is 10.8. The molecule has 0 amide bonds. The summed E-state index contributed by atoms with van der Waals surface area (Å²) >= 11 is 0. The Balaban J connectivity index is -0.000000187. The molecule has 0 N–H and O–H groups in total. The number of hydrogen-bond donors (Lipinski definition) is 0. The van der Waals surface area contributed by atoms with Crippen molar-refractivity contribution in [3.8, 4) is 0 Å². The number of aldehydes is 2. The molecule has 0 saturated heterocycles. The van der Waals surface area contributed by atoms with E-state index >= 15 is 0 Å². The topological polar surface area (TPSA) is 68.3 Å². The minimum atomic E-state index is -0.426. The Labute approximate surface area is 91.0 Å². The molecule has 0 aromatic rings. The molecule has 0 aliphatic heterocycles. The van der Waals surface area contributed by atoms with Gasteiger partial charge in [-0.05, 0) is 27.7 Å². The molecule has 0 unspecified atom stereocenters. The summed E-state index contributed by atoms with van der Waals surface area (Å²) in [7, 11) is 0. The fourth-order valence-electron chi connectivity index (χ4n) is 0.318. The lowest BCUT2D eigenvalue weighted by molar-refractivity contribution is -0.129. The first-order chi connectivity index (χ1) is 6.36. The van der Waals surface area contributed by atoms with Crippen LogP contribution in [0.1, 0.15) is 35.1 Å². The van der Waals surface area contributed by atoms with Gasteiger partial charge in [-0.3, -0.25) is 9.59 Å². The van der Waals surface area contributed by atoms with Gasteiger partial charge in [0.25, 0.3) is 0 Å². The maximum Gasteiger partial charge on any atom is 0.139 e. The molecule has 0 saturated carbocycles. The van der Waals surface area contributed by atoms with Crippen LogP contribution in [0.2, 0.25) is 0 Å². The van der Waals surface area contributed by atoms with Crippen LogP contribution in [0.3, 0.4) is 0 Å². The third kappa shape index (κ3) is 12.7. The van der Waals surface area contributed by atoms with Crippen molar-refractivity contribution in [3.63, 3.8) is 0 Å². The first-order valence-electron chi connectivity index (χ1n) is 4.28. The van der Waals surface area contributed by atoms with Crippen LogP contribution in [-0.2, 0) is 19.2 Å². The molecular formula is C11H20O4. The molecule has 4 nitrogen and oxygen atoms in total. The van der Waals surface area contributed by atoms with Gasteiger partial charge in [0.15, 0.2) is 0 Å². The molecule has 0 fully saturated rings. The highest BCUT2D eigenvalue weighted by atomic mass is 16.1. The van der Waals surface area contributed by atoms with Gasteiger partial charge in [-0.25, -0.2) is 0 Å². The molecule has 0 atom stereocenters. The number of ketones is 2. The van der Waals surface area contributed by atoms with Crippen molar-refractivity contribution in [2.75, 3.05) is 0 Å². The van der Waals surface area contributed by atoms with Crippen molar-refractivity contribution in [1.29, 1.82) is 0 Å². The van der Waals surface area contributed by atoms with Crippen molar-refractivity contribution in [2.45, 2.75) is 35.1 Å². The third-order valence-corrected chi connectivity index (χ3v) is 1.65. The van der Waals surface area contributed by atoms with Crippen LogP contribution in [0.25, 0.3) is 0 Å². The molecule has 15 heavy (non-hydrogen) atoms. The van der Waals surface area contributed by atoms with Crippen molar-refractivity contribution in [3.05, 3.63) is 0 Å². The van der Waals surface area contributed by atoms with Crippen molar-refractivity contribution in [2.24, 2.45) is 11.8 Å². The summed E-state index contributed by atoms with van der Waals surface area (Å²) in [5.41, 5.74) is 0. The van der Waals surface area contributed by atoms with E-state index in [2.05, 4.69) is 0 Å². The van der Waals surface area contributed by atoms with Crippen LogP contribution in [0.5, 0.6) is 0 Å². The second-order valence-corrected chi connectivity index (χ2v) is 3.07. The maximum atomic E-state index is 10.4. The summed E-state index contributed by atoms with van der Waals surface area (Å²) in [6, 6.07) is 0. The first-order valence-corrected chi connectivity index (χ1v) is 4.28. The molecule has 0 aliphatic rings. The summed E-state index contributed by atoms with van der Waals surface area (Å²) < 4.78 is 0. The van der Waals surface area contributed by atoms with Crippen LogP contribution >= 0.6 is 0 Å². The molecule has 0 aliphatic carbocycles. The molecule has 0 spiro atoms. The van der Waals surface area contributed by atoms with E-state index < -0.39 is 11.8 Å². The van der Waals surface area contributed by atoms with Gasteiger partial charge < -0.3 is 9.59 Å². The number of rotatable bonds is 4. The van der Waals surface area contributed by atoms with E-state index in [1.807, 2.05) is 0 Å². The van der Waals surface area contributed by atoms with Crippen molar-refractivity contribution < 1.29 is 19.2 Å². The summed E-state index contributed by atoms with van der Waals surface area (Å²) in [6.45, 7) is 6.00. The van der Waals surface area contributed by atoms with Crippen molar-refractivity contribution >= 4 is 24.1 Å². The fourth-order valence-corrected chi connectivity index (χ4v) is 0.318. The van der Waals surface area contributed by atoms with Crippen LogP contribution < -0.4 is 0 Å². The zero-order chi connectivity index (χ0) is 11.7. The number of carbonyl (C=O) groups is 4. The van der Waals surface area contributed by atoms with Crippen LogP contribution in [-0.4, -0.2) is 24.1 Å². The van der Waals surface area contributed by atoms with E-state index in [4.69, 9.17) is 0 Å². The van der Waals surface area contributed by atoms with Gasteiger partial charge >= 0.3 is 0 Å². The highest BCUT2D eigenvalue weighted by Gasteiger charge is 2.10. The van der Waals surface area contributed by atoms with E-state index in [9.17, 15) is 19.2 Å².